The molecule has 4 atom stereocenters. The van der Waals surface area contributed by atoms with Gasteiger partial charge in [0.05, 0.1) is 5.92 Å². The van der Waals surface area contributed by atoms with Gasteiger partial charge in [0, 0.05) is 44.3 Å². The Morgan fingerprint density at radius 1 is 1.17 bits per heavy atom. The van der Waals surface area contributed by atoms with Gasteiger partial charge < -0.3 is 9.64 Å². The Morgan fingerprint density at radius 3 is 2.63 bits per heavy atom. The van der Waals surface area contributed by atoms with Gasteiger partial charge in [0.15, 0.2) is 0 Å². The summed E-state index contributed by atoms with van der Waals surface area (Å²) in [7, 11) is 0. The number of anilines is 1. The number of ether oxygens (including phenoxy) is 1. The molecule has 1 aromatic carbocycles. The Morgan fingerprint density at radius 2 is 1.90 bits per heavy atom. The Labute approximate surface area is 179 Å². The molecule has 0 aromatic heterocycles. The quantitative estimate of drug-likeness (QED) is 0.544. The maximum absolute atomic E-state index is 13.2. The number of nitrogens with zero attached hydrogens (tertiary/aromatic N) is 2. The van der Waals surface area contributed by atoms with E-state index >= 15 is 0 Å². The van der Waals surface area contributed by atoms with Gasteiger partial charge in [-0.05, 0) is 68.7 Å². The van der Waals surface area contributed by atoms with Crippen molar-refractivity contribution in [3.63, 3.8) is 0 Å². The van der Waals surface area contributed by atoms with Crippen molar-refractivity contribution in [1.29, 1.82) is 0 Å². The zero-order valence-electron chi connectivity index (χ0n) is 18.2. The molecule has 0 amide bonds. The van der Waals surface area contributed by atoms with E-state index in [9.17, 15) is 9.18 Å². The second kappa shape index (κ2) is 7.67. The van der Waals surface area contributed by atoms with Gasteiger partial charge in [0.2, 0.25) is 0 Å². The average Bonchev–Trinajstić information content (AvgIpc) is 3.01. The van der Waals surface area contributed by atoms with E-state index in [0.717, 1.165) is 51.3 Å². The molecule has 4 unspecified atom stereocenters. The number of carbonyl (C=O) groups excluding carboxylic acids is 1. The van der Waals surface area contributed by atoms with Gasteiger partial charge in [-0.2, -0.15) is 0 Å². The lowest BCUT2D eigenvalue weighted by molar-refractivity contribution is -0.145. The van der Waals surface area contributed by atoms with E-state index in [4.69, 9.17) is 4.74 Å². The van der Waals surface area contributed by atoms with Crippen LogP contribution in [0.5, 0.6) is 0 Å². The minimum atomic E-state index is -0.196. The van der Waals surface area contributed by atoms with E-state index in [1.807, 2.05) is 12.1 Å². The molecule has 0 radical (unpaired) electrons. The first kappa shape index (κ1) is 20.0. The number of benzene rings is 1. The van der Waals surface area contributed by atoms with Crippen LogP contribution in [0.2, 0.25) is 0 Å². The van der Waals surface area contributed by atoms with Crippen molar-refractivity contribution >= 4 is 11.7 Å². The van der Waals surface area contributed by atoms with Crippen LogP contribution in [0.4, 0.5) is 10.1 Å². The molecule has 30 heavy (non-hydrogen) atoms. The van der Waals surface area contributed by atoms with Gasteiger partial charge in [-0.25, -0.2) is 4.39 Å². The van der Waals surface area contributed by atoms with Gasteiger partial charge >= 0.3 is 5.97 Å². The summed E-state index contributed by atoms with van der Waals surface area (Å²) in [4.78, 5) is 17.5. The first-order valence-electron chi connectivity index (χ1n) is 11.6. The molecule has 4 nitrogen and oxygen atoms in total. The molecule has 2 heterocycles. The van der Waals surface area contributed by atoms with Crippen LogP contribution in [0.15, 0.2) is 35.4 Å². The standard InChI is InChI=1S/C25H33FN2O2/c1-17-4-3-9-25(2)15-23-20(14-22(17)25)21(24(29)30-23)16-27-10-12-28(13-11-27)19-7-5-18(26)6-8-19/h5-8,20-21,23H,3-4,9-16H2,1-2H3. The highest BCUT2D eigenvalue weighted by atomic mass is 19.1. The van der Waals surface area contributed by atoms with E-state index in [-0.39, 0.29) is 29.2 Å². The Bertz CT molecular complexity index is 843. The van der Waals surface area contributed by atoms with Crippen LogP contribution in [0.1, 0.15) is 46.0 Å². The third-order valence-electron chi connectivity index (χ3n) is 8.20. The summed E-state index contributed by atoms with van der Waals surface area (Å²) in [6.45, 7) is 9.16. The topological polar surface area (TPSA) is 32.8 Å². The minimum Gasteiger partial charge on any atom is -0.462 e. The molecule has 162 valence electrons. The molecule has 2 saturated heterocycles. The normalized spacial score (nSPS) is 34.6. The van der Waals surface area contributed by atoms with Crippen LogP contribution in [0.3, 0.4) is 0 Å². The predicted octanol–water partition coefficient (Wildman–Crippen LogP) is 4.41. The molecule has 0 N–H and O–H groups in total. The maximum atomic E-state index is 13.2. The summed E-state index contributed by atoms with van der Waals surface area (Å²) in [6.07, 6.45) is 5.86. The van der Waals surface area contributed by atoms with Gasteiger partial charge in [-0.1, -0.05) is 18.1 Å². The smallest absolute Gasteiger partial charge is 0.310 e. The molecule has 0 bridgehead atoms. The fourth-order valence-corrected chi connectivity index (χ4v) is 6.44. The highest BCUT2D eigenvalue weighted by molar-refractivity contribution is 5.76. The van der Waals surface area contributed by atoms with Crippen LogP contribution in [-0.4, -0.2) is 49.7 Å². The molecule has 1 saturated carbocycles. The highest BCUT2D eigenvalue weighted by Gasteiger charge is 2.53. The lowest BCUT2D eigenvalue weighted by Crippen LogP contribution is -2.49. The fraction of sp³-hybridized carbons (Fsp3) is 0.640. The number of hydrogen-bond acceptors (Lipinski definition) is 4. The van der Waals surface area contributed by atoms with Crippen LogP contribution >= 0.6 is 0 Å². The summed E-state index contributed by atoms with van der Waals surface area (Å²) < 4.78 is 19.1. The molecule has 1 aromatic rings. The third-order valence-corrected chi connectivity index (χ3v) is 8.20. The fourth-order valence-electron chi connectivity index (χ4n) is 6.44. The Hall–Kier alpha value is -1.88. The van der Waals surface area contributed by atoms with Crippen molar-refractivity contribution < 1.29 is 13.9 Å². The summed E-state index contributed by atoms with van der Waals surface area (Å²) >= 11 is 0. The number of halogens is 1. The second-order valence-electron chi connectivity index (χ2n) is 10.1. The largest absolute Gasteiger partial charge is 0.462 e. The van der Waals surface area contributed by atoms with Crippen molar-refractivity contribution in [2.45, 2.75) is 52.1 Å². The molecule has 3 fully saturated rings. The van der Waals surface area contributed by atoms with E-state index in [0.29, 0.717) is 5.92 Å². The molecule has 2 aliphatic heterocycles. The van der Waals surface area contributed by atoms with Crippen LogP contribution in [0, 0.1) is 23.1 Å². The van der Waals surface area contributed by atoms with E-state index in [2.05, 4.69) is 23.6 Å². The maximum Gasteiger partial charge on any atom is 0.310 e. The summed E-state index contributed by atoms with van der Waals surface area (Å²) in [6, 6.07) is 6.75. The first-order chi connectivity index (χ1) is 14.4. The van der Waals surface area contributed by atoms with Crippen molar-refractivity contribution in [2.75, 3.05) is 37.6 Å². The number of piperazine rings is 1. The van der Waals surface area contributed by atoms with Crippen LogP contribution in [0.25, 0.3) is 0 Å². The minimum absolute atomic E-state index is 0.000789. The lowest BCUT2D eigenvalue weighted by atomic mass is 9.59. The van der Waals surface area contributed by atoms with Crippen molar-refractivity contribution in [3.05, 3.63) is 41.2 Å². The molecular formula is C25H33FN2O2. The molecule has 4 aliphatic rings. The summed E-state index contributed by atoms with van der Waals surface area (Å²) in [5, 5.41) is 0. The third kappa shape index (κ3) is 3.55. The zero-order valence-corrected chi connectivity index (χ0v) is 18.2. The number of rotatable bonds is 3. The van der Waals surface area contributed by atoms with E-state index < -0.39 is 0 Å². The summed E-state index contributed by atoms with van der Waals surface area (Å²) in [5.41, 5.74) is 4.50. The van der Waals surface area contributed by atoms with Gasteiger partial charge in [-0.15, -0.1) is 0 Å². The first-order valence-corrected chi connectivity index (χ1v) is 11.6. The number of allylic oxidation sites excluding steroid dienone is 2. The van der Waals surface area contributed by atoms with Crippen LogP contribution in [-0.2, 0) is 9.53 Å². The molecule has 5 rings (SSSR count). The monoisotopic (exact) mass is 412 g/mol. The van der Waals surface area contributed by atoms with Crippen molar-refractivity contribution in [1.82, 2.24) is 4.90 Å². The van der Waals surface area contributed by atoms with Crippen molar-refractivity contribution in [2.24, 2.45) is 17.3 Å². The van der Waals surface area contributed by atoms with Crippen LogP contribution < -0.4 is 4.90 Å². The van der Waals surface area contributed by atoms with E-state index in [1.54, 1.807) is 11.1 Å². The van der Waals surface area contributed by atoms with Gasteiger partial charge in [-0.3, -0.25) is 9.69 Å². The summed E-state index contributed by atoms with van der Waals surface area (Å²) in [5.74, 6) is 0.160. The Kier molecular flexibility index (Phi) is 5.12. The molecule has 5 heteroatoms. The number of esters is 1. The number of hydrogen-bond donors (Lipinski definition) is 0. The Balaban J connectivity index is 1.24. The lowest BCUT2D eigenvalue weighted by Gasteiger charge is -2.46. The predicted molar refractivity (Wildman–Crippen MR) is 116 cm³/mol. The molecule has 2 aliphatic carbocycles. The van der Waals surface area contributed by atoms with Crippen molar-refractivity contribution in [3.8, 4) is 0 Å². The zero-order chi connectivity index (χ0) is 20.9. The number of carbonyl (C=O) groups is 1. The second-order valence-corrected chi connectivity index (χ2v) is 10.1. The molecule has 0 spiro atoms. The number of fused-ring (bicyclic) bond motifs is 2. The molecular weight excluding hydrogens is 379 g/mol. The highest BCUT2D eigenvalue weighted by Crippen LogP contribution is 2.55. The average molecular weight is 413 g/mol. The van der Waals surface area contributed by atoms with Gasteiger partial charge in [0.25, 0.3) is 0 Å². The van der Waals surface area contributed by atoms with E-state index in [1.165, 1.54) is 31.4 Å². The SMILES string of the molecule is CC1=C2CC3C(CC2(C)CCC1)OC(=O)C3CN1CCN(c2ccc(F)cc2)CC1. The van der Waals surface area contributed by atoms with Gasteiger partial charge in [0.1, 0.15) is 11.9 Å².